The topological polar surface area (TPSA) is 83.1 Å². The Labute approximate surface area is 186 Å². The van der Waals surface area contributed by atoms with Gasteiger partial charge in [0.2, 0.25) is 0 Å². The first kappa shape index (κ1) is 20.2. The van der Waals surface area contributed by atoms with Crippen LogP contribution in [0, 0.1) is 0 Å². The van der Waals surface area contributed by atoms with Gasteiger partial charge in [0, 0.05) is 23.2 Å². The van der Waals surface area contributed by atoms with E-state index in [-0.39, 0.29) is 11.9 Å². The zero-order valence-corrected chi connectivity index (χ0v) is 17.9. The molecule has 3 heterocycles. The molecule has 7 nitrogen and oxygen atoms in total. The predicted molar refractivity (Wildman–Crippen MR) is 124 cm³/mol. The van der Waals surface area contributed by atoms with Crippen LogP contribution in [-0.2, 0) is 0 Å². The zero-order valence-electron chi connectivity index (χ0n) is 17.9. The highest BCUT2D eigenvalue weighted by molar-refractivity contribution is 6.05. The van der Waals surface area contributed by atoms with Gasteiger partial charge < -0.3 is 15.0 Å². The van der Waals surface area contributed by atoms with Crippen molar-refractivity contribution in [1.82, 2.24) is 25.4 Å². The molecule has 2 aromatic heterocycles. The third kappa shape index (κ3) is 4.33. The van der Waals surface area contributed by atoms with Crippen molar-refractivity contribution in [2.45, 2.75) is 18.9 Å². The van der Waals surface area contributed by atoms with Crippen molar-refractivity contribution in [3.05, 3.63) is 72.7 Å². The number of hydrogen-bond donors (Lipinski definition) is 2. The van der Waals surface area contributed by atoms with Crippen molar-refractivity contribution < 1.29 is 9.53 Å². The molecule has 2 aromatic carbocycles. The number of pyridine rings is 1. The van der Waals surface area contributed by atoms with Crippen molar-refractivity contribution in [1.29, 1.82) is 0 Å². The summed E-state index contributed by atoms with van der Waals surface area (Å²) in [5.41, 5.74) is 3.10. The molecule has 4 aromatic rings. The van der Waals surface area contributed by atoms with E-state index in [9.17, 15) is 4.79 Å². The average Bonchev–Trinajstić information content (AvgIpc) is 3.25. The maximum absolute atomic E-state index is 12.9. The van der Waals surface area contributed by atoms with Crippen LogP contribution in [-0.4, -0.2) is 52.2 Å². The number of carbonyl (C=O) groups is 1. The fourth-order valence-corrected chi connectivity index (χ4v) is 4.03. The highest BCUT2D eigenvalue weighted by Crippen LogP contribution is 2.29. The number of benzene rings is 2. The van der Waals surface area contributed by atoms with E-state index < -0.39 is 0 Å². The summed E-state index contributed by atoms with van der Waals surface area (Å²) in [4.78, 5) is 19.5. The summed E-state index contributed by atoms with van der Waals surface area (Å²) in [6.07, 6.45) is 5.39. The Kier molecular flexibility index (Phi) is 5.56. The van der Waals surface area contributed by atoms with Crippen LogP contribution >= 0.6 is 0 Å². The number of para-hydroxylation sites is 1. The molecular formula is C25H25N5O2. The number of H-pyrrole nitrogens is 1. The summed E-state index contributed by atoms with van der Waals surface area (Å²) < 4.78 is 5.92. The summed E-state index contributed by atoms with van der Waals surface area (Å²) in [5, 5.41) is 11.2. The normalized spacial score (nSPS) is 15.0. The van der Waals surface area contributed by atoms with Crippen LogP contribution in [0.5, 0.6) is 11.5 Å². The molecule has 1 saturated heterocycles. The minimum atomic E-state index is -0.137. The number of carbonyl (C=O) groups excluding carboxylic acids is 1. The summed E-state index contributed by atoms with van der Waals surface area (Å²) in [6.45, 7) is 1.98. The van der Waals surface area contributed by atoms with E-state index in [2.05, 4.69) is 32.4 Å². The van der Waals surface area contributed by atoms with Gasteiger partial charge in [-0.25, -0.2) is 0 Å². The van der Waals surface area contributed by atoms with Crippen LogP contribution in [0.15, 0.2) is 67.0 Å². The van der Waals surface area contributed by atoms with Gasteiger partial charge in [-0.05, 0) is 68.9 Å². The van der Waals surface area contributed by atoms with E-state index in [1.807, 2.05) is 54.6 Å². The van der Waals surface area contributed by atoms with Gasteiger partial charge in [-0.3, -0.25) is 14.9 Å². The Morgan fingerprint density at radius 1 is 1.03 bits per heavy atom. The van der Waals surface area contributed by atoms with Gasteiger partial charge in [0.25, 0.3) is 5.91 Å². The van der Waals surface area contributed by atoms with E-state index in [4.69, 9.17) is 4.74 Å². The van der Waals surface area contributed by atoms with Crippen molar-refractivity contribution in [2.24, 2.45) is 0 Å². The number of hydrogen-bond acceptors (Lipinski definition) is 5. The lowest BCUT2D eigenvalue weighted by Crippen LogP contribution is -2.43. The molecule has 0 saturated carbocycles. The molecule has 5 rings (SSSR count). The second-order valence-corrected chi connectivity index (χ2v) is 8.21. The Hall–Kier alpha value is -3.71. The van der Waals surface area contributed by atoms with Crippen LogP contribution < -0.4 is 10.1 Å². The number of fused-ring (bicyclic) bond motifs is 1. The van der Waals surface area contributed by atoms with Crippen LogP contribution in [0.1, 0.15) is 23.3 Å². The van der Waals surface area contributed by atoms with Crippen LogP contribution in [0.4, 0.5) is 0 Å². The zero-order chi connectivity index (χ0) is 21.9. The fraction of sp³-hybridized carbons (Fsp3) is 0.240. The summed E-state index contributed by atoms with van der Waals surface area (Å²) in [7, 11) is 2.11. The summed E-state index contributed by atoms with van der Waals surface area (Å²) in [5.74, 6) is 1.27. The lowest BCUT2D eigenvalue weighted by molar-refractivity contribution is 0.0913. The van der Waals surface area contributed by atoms with Gasteiger partial charge in [-0.2, -0.15) is 5.10 Å². The molecule has 1 aliphatic heterocycles. The molecule has 1 fully saturated rings. The van der Waals surface area contributed by atoms with Gasteiger partial charge in [-0.15, -0.1) is 0 Å². The van der Waals surface area contributed by atoms with Crippen LogP contribution in [0.3, 0.4) is 0 Å². The lowest BCUT2D eigenvalue weighted by Gasteiger charge is -2.29. The molecule has 0 radical (unpaired) electrons. The minimum absolute atomic E-state index is 0.137. The van der Waals surface area contributed by atoms with Crippen molar-refractivity contribution in [2.75, 3.05) is 20.1 Å². The van der Waals surface area contributed by atoms with E-state index in [1.165, 1.54) is 0 Å². The summed E-state index contributed by atoms with van der Waals surface area (Å²) in [6, 6.07) is 17.6. The summed E-state index contributed by atoms with van der Waals surface area (Å²) >= 11 is 0. The number of aromatic amines is 1. The molecule has 1 amide bonds. The Morgan fingerprint density at radius 3 is 2.66 bits per heavy atom. The molecule has 0 spiro atoms. The standard InChI is InChI=1S/C25H25N5O2/c1-30-11-9-19(10-12-30)27-25(31)24-22-14-17(7-8-23(22)28-29-24)18-13-21(16-26-15-18)32-20-5-3-2-4-6-20/h2-8,13-16,19H,9-12H2,1H3,(H,27,31)(H,28,29). The highest BCUT2D eigenvalue weighted by Gasteiger charge is 2.22. The third-order valence-corrected chi connectivity index (χ3v) is 5.86. The van der Waals surface area contributed by atoms with Gasteiger partial charge in [0.1, 0.15) is 11.5 Å². The van der Waals surface area contributed by atoms with Gasteiger partial charge in [0.05, 0.1) is 11.7 Å². The molecule has 0 atom stereocenters. The van der Waals surface area contributed by atoms with E-state index in [0.717, 1.165) is 53.7 Å². The molecule has 2 N–H and O–H groups in total. The maximum Gasteiger partial charge on any atom is 0.272 e. The number of aromatic nitrogens is 3. The van der Waals surface area contributed by atoms with Crippen LogP contribution in [0.2, 0.25) is 0 Å². The number of nitrogens with zero attached hydrogens (tertiary/aromatic N) is 3. The smallest absolute Gasteiger partial charge is 0.272 e. The Bertz CT molecular complexity index is 1230. The molecule has 0 aliphatic carbocycles. The van der Waals surface area contributed by atoms with Crippen molar-refractivity contribution in [3.63, 3.8) is 0 Å². The second-order valence-electron chi connectivity index (χ2n) is 8.21. The Morgan fingerprint density at radius 2 is 1.84 bits per heavy atom. The first-order chi connectivity index (χ1) is 15.7. The van der Waals surface area contributed by atoms with Gasteiger partial charge >= 0.3 is 0 Å². The Balaban J connectivity index is 1.39. The van der Waals surface area contributed by atoms with Crippen molar-refractivity contribution >= 4 is 16.8 Å². The molecule has 0 unspecified atom stereocenters. The van der Waals surface area contributed by atoms with E-state index in [1.54, 1.807) is 12.4 Å². The van der Waals surface area contributed by atoms with E-state index >= 15 is 0 Å². The second kappa shape index (κ2) is 8.80. The fourth-order valence-electron chi connectivity index (χ4n) is 4.03. The predicted octanol–water partition coefficient (Wildman–Crippen LogP) is 4.24. The maximum atomic E-state index is 12.9. The molecular weight excluding hydrogens is 402 g/mol. The SMILES string of the molecule is CN1CCC(NC(=O)c2n[nH]c3ccc(-c4cncc(Oc5ccccc5)c4)cc23)CC1. The number of nitrogens with one attached hydrogen (secondary N) is 2. The average molecular weight is 428 g/mol. The van der Waals surface area contributed by atoms with Gasteiger partial charge in [0.15, 0.2) is 5.69 Å². The first-order valence-electron chi connectivity index (χ1n) is 10.8. The molecule has 0 bridgehead atoms. The minimum Gasteiger partial charge on any atom is -0.456 e. The molecule has 7 heteroatoms. The highest BCUT2D eigenvalue weighted by atomic mass is 16.5. The van der Waals surface area contributed by atoms with Gasteiger partial charge in [-0.1, -0.05) is 24.3 Å². The third-order valence-electron chi connectivity index (χ3n) is 5.86. The largest absolute Gasteiger partial charge is 0.456 e. The number of amides is 1. The number of likely N-dealkylation sites (tertiary alicyclic amines) is 1. The molecule has 162 valence electrons. The van der Waals surface area contributed by atoms with E-state index in [0.29, 0.717) is 11.4 Å². The number of ether oxygens (including phenoxy) is 1. The van der Waals surface area contributed by atoms with Crippen molar-refractivity contribution in [3.8, 4) is 22.6 Å². The van der Waals surface area contributed by atoms with Crippen LogP contribution in [0.25, 0.3) is 22.0 Å². The number of rotatable bonds is 5. The monoisotopic (exact) mass is 427 g/mol. The first-order valence-corrected chi connectivity index (χ1v) is 10.8. The molecule has 32 heavy (non-hydrogen) atoms. The lowest BCUT2D eigenvalue weighted by atomic mass is 10.0. The quantitative estimate of drug-likeness (QED) is 0.498. The molecule has 1 aliphatic rings. The number of piperidine rings is 1.